The maximum Gasteiger partial charge on any atom is 0.338 e. The van der Waals surface area contributed by atoms with Crippen molar-refractivity contribution in [2.24, 2.45) is 0 Å². The first-order valence-electron chi connectivity index (χ1n) is 7.99. The highest BCUT2D eigenvalue weighted by Crippen LogP contribution is 2.13. The molecule has 0 aliphatic rings. The van der Waals surface area contributed by atoms with Crippen LogP contribution >= 0.6 is 0 Å². The number of sulfonamides is 1. The second-order valence-corrected chi connectivity index (χ2v) is 7.27. The fourth-order valence-electron chi connectivity index (χ4n) is 2.09. The summed E-state index contributed by atoms with van der Waals surface area (Å²) in [6.07, 6.45) is 0.723. The predicted octanol–water partition coefficient (Wildman–Crippen LogP) is 3.07. The molecule has 0 aliphatic carbocycles. The topological polar surface area (TPSA) is 102 Å². The number of hydrogen-bond acceptors (Lipinski definition) is 5. The normalized spacial score (nSPS) is 10.8. The van der Waals surface area contributed by atoms with Crippen molar-refractivity contribution >= 4 is 27.7 Å². The molecule has 0 aromatic heterocycles. The molecule has 26 heavy (non-hydrogen) atoms. The van der Waals surface area contributed by atoms with E-state index >= 15 is 0 Å². The molecule has 2 aromatic carbocycles. The summed E-state index contributed by atoms with van der Waals surface area (Å²) < 4.78 is 31.3. The van der Waals surface area contributed by atoms with Crippen LogP contribution in [0.15, 0.2) is 53.4 Å². The Bertz CT molecular complexity index is 892. The fourth-order valence-corrected chi connectivity index (χ4v) is 3.10. The van der Waals surface area contributed by atoms with E-state index in [1.807, 2.05) is 11.6 Å². The van der Waals surface area contributed by atoms with Crippen molar-refractivity contribution in [1.82, 2.24) is 4.72 Å². The molecule has 0 bridgehead atoms. The Kier molecular flexibility index (Phi) is 6.35. The lowest BCUT2D eigenvalue weighted by Gasteiger charge is -2.09. The van der Waals surface area contributed by atoms with Crippen LogP contribution in [0, 0.1) is 6.92 Å². The molecule has 8 heteroatoms. The Morgan fingerprint density at radius 1 is 1.08 bits per heavy atom. The van der Waals surface area contributed by atoms with Crippen LogP contribution < -0.4 is 10.0 Å². The molecule has 0 unspecified atom stereocenters. The van der Waals surface area contributed by atoms with E-state index in [-0.39, 0.29) is 4.90 Å². The lowest BCUT2D eigenvalue weighted by atomic mass is 10.2. The molecule has 0 spiro atoms. The summed E-state index contributed by atoms with van der Waals surface area (Å²) in [4.78, 5) is 23.7. The lowest BCUT2D eigenvalue weighted by Crippen LogP contribution is -2.34. The zero-order valence-corrected chi connectivity index (χ0v) is 15.3. The number of anilines is 1. The molecule has 0 fully saturated rings. The van der Waals surface area contributed by atoms with Crippen LogP contribution in [0.25, 0.3) is 0 Å². The molecule has 138 valence electrons. The van der Waals surface area contributed by atoms with Gasteiger partial charge in [0.2, 0.25) is 0 Å². The first-order chi connectivity index (χ1) is 12.3. The lowest BCUT2D eigenvalue weighted by molar-refractivity contribution is 0.0505. The quantitative estimate of drug-likeness (QED) is 0.755. The average Bonchev–Trinajstić information content (AvgIpc) is 2.59. The largest absolute Gasteiger partial charge is 0.462 e. The van der Waals surface area contributed by atoms with Gasteiger partial charge in [0.1, 0.15) is 0 Å². The van der Waals surface area contributed by atoms with E-state index < -0.39 is 22.0 Å². The molecule has 0 saturated carbocycles. The molecule has 2 amide bonds. The molecule has 0 atom stereocenters. The van der Waals surface area contributed by atoms with E-state index in [0.717, 1.165) is 12.0 Å². The molecular formula is C18H20N2O5S. The SMILES string of the molecule is CCCOC(=O)c1ccc(NC(=O)NS(=O)(=O)c2cccc(C)c2)cc1. The molecule has 0 aliphatic heterocycles. The van der Waals surface area contributed by atoms with Crippen LogP contribution in [-0.2, 0) is 14.8 Å². The summed E-state index contributed by atoms with van der Waals surface area (Å²) in [5.41, 5.74) is 1.45. The van der Waals surface area contributed by atoms with Gasteiger partial charge in [-0.1, -0.05) is 19.1 Å². The van der Waals surface area contributed by atoms with Crippen molar-refractivity contribution in [3.05, 3.63) is 59.7 Å². The number of hydrogen-bond donors (Lipinski definition) is 2. The average molecular weight is 376 g/mol. The van der Waals surface area contributed by atoms with Crippen molar-refractivity contribution in [2.75, 3.05) is 11.9 Å². The zero-order valence-electron chi connectivity index (χ0n) is 14.5. The summed E-state index contributed by atoms with van der Waals surface area (Å²) >= 11 is 0. The van der Waals surface area contributed by atoms with E-state index in [1.54, 1.807) is 19.1 Å². The third-order valence-electron chi connectivity index (χ3n) is 3.34. The monoisotopic (exact) mass is 376 g/mol. The Hall–Kier alpha value is -2.87. The van der Waals surface area contributed by atoms with E-state index in [9.17, 15) is 18.0 Å². The van der Waals surface area contributed by atoms with Gasteiger partial charge in [-0.3, -0.25) is 0 Å². The van der Waals surface area contributed by atoms with Gasteiger partial charge in [-0.15, -0.1) is 0 Å². The second kappa shape index (κ2) is 8.48. The summed E-state index contributed by atoms with van der Waals surface area (Å²) in [5.74, 6) is -0.454. The van der Waals surface area contributed by atoms with Crippen molar-refractivity contribution in [3.8, 4) is 0 Å². The Morgan fingerprint density at radius 3 is 2.38 bits per heavy atom. The number of amides is 2. The minimum absolute atomic E-state index is 0.00154. The first kappa shape index (κ1) is 19.5. The standard InChI is InChI=1S/C18H20N2O5S/c1-3-11-25-17(21)14-7-9-15(10-8-14)19-18(22)20-26(23,24)16-6-4-5-13(2)12-16/h4-10,12H,3,11H2,1-2H3,(H2,19,20,22). The van der Waals surface area contributed by atoms with Gasteiger partial charge < -0.3 is 10.1 Å². The number of ether oxygens (including phenoxy) is 1. The second-order valence-electron chi connectivity index (χ2n) is 5.59. The van der Waals surface area contributed by atoms with E-state index in [1.165, 1.54) is 36.4 Å². The highest BCUT2D eigenvalue weighted by atomic mass is 32.2. The van der Waals surface area contributed by atoms with Crippen LogP contribution in [0.1, 0.15) is 29.3 Å². The number of aryl methyl sites for hydroxylation is 1. The minimum Gasteiger partial charge on any atom is -0.462 e. The third kappa shape index (κ3) is 5.32. The number of urea groups is 1. The highest BCUT2D eigenvalue weighted by molar-refractivity contribution is 7.90. The first-order valence-corrected chi connectivity index (χ1v) is 9.48. The van der Waals surface area contributed by atoms with Gasteiger partial charge in [0.15, 0.2) is 0 Å². The van der Waals surface area contributed by atoms with Gasteiger partial charge in [0.05, 0.1) is 17.1 Å². The van der Waals surface area contributed by atoms with Crippen molar-refractivity contribution in [3.63, 3.8) is 0 Å². The van der Waals surface area contributed by atoms with Crippen LogP contribution in [0.5, 0.6) is 0 Å². The van der Waals surface area contributed by atoms with Gasteiger partial charge in [-0.2, -0.15) is 0 Å². The number of carbonyl (C=O) groups excluding carboxylic acids is 2. The summed E-state index contributed by atoms with van der Waals surface area (Å²) in [5, 5.41) is 2.41. The maximum absolute atomic E-state index is 12.2. The van der Waals surface area contributed by atoms with Crippen LogP contribution in [-0.4, -0.2) is 27.0 Å². The Morgan fingerprint density at radius 2 is 1.77 bits per heavy atom. The molecular weight excluding hydrogens is 356 g/mol. The van der Waals surface area contributed by atoms with Crippen LogP contribution in [0.4, 0.5) is 10.5 Å². The number of carbonyl (C=O) groups is 2. The molecule has 7 nitrogen and oxygen atoms in total. The predicted molar refractivity (Wildman–Crippen MR) is 97.5 cm³/mol. The summed E-state index contributed by atoms with van der Waals surface area (Å²) in [6.45, 7) is 3.98. The zero-order chi connectivity index (χ0) is 19.2. The number of rotatable bonds is 6. The third-order valence-corrected chi connectivity index (χ3v) is 4.67. The maximum atomic E-state index is 12.2. The van der Waals surface area contributed by atoms with Crippen molar-refractivity contribution < 1.29 is 22.7 Å². The van der Waals surface area contributed by atoms with Crippen LogP contribution in [0.3, 0.4) is 0 Å². The van der Waals surface area contributed by atoms with Gasteiger partial charge >= 0.3 is 12.0 Å². The summed E-state index contributed by atoms with van der Waals surface area (Å²) in [6, 6.07) is 11.3. The minimum atomic E-state index is -3.97. The van der Waals surface area contributed by atoms with Crippen LogP contribution in [0.2, 0.25) is 0 Å². The van der Waals surface area contributed by atoms with Crippen molar-refractivity contribution in [2.45, 2.75) is 25.2 Å². The molecule has 0 heterocycles. The van der Waals surface area contributed by atoms with Crippen molar-refractivity contribution in [1.29, 1.82) is 0 Å². The van der Waals surface area contributed by atoms with Gasteiger partial charge in [0, 0.05) is 5.69 Å². The fraction of sp³-hybridized carbons (Fsp3) is 0.222. The van der Waals surface area contributed by atoms with Gasteiger partial charge in [-0.25, -0.2) is 22.7 Å². The van der Waals surface area contributed by atoms with Gasteiger partial charge in [-0.05, 0) is 55.3 Å². The number of esters is 1. The van der Waals surface area contributed by atoms with Gasteiger partial charge in [0.25, 0.3) is 10.0 Å². The molecule has 2 rings (SSSR count). The molecule has 2 aromatic rings. The Labute approximate surface area is 152 Å². The number of benzene rings is 2. The van der Waals surface area contributed by atoms with E-state index in [0.29, 0.717) is 17.9 Å². The molecule has 2 N–H and O–H groups in total. The highest BCUT2D eigenvalue weighted by Gasteiger charge is 2.17. The summed E-state index contributed by atoms with van der Waals surface area (Å²) in [7, 11) is -3.97. The van der Waals surface area contributed by atoms with E-state index in [2.05, 4.69) is 5.32 Å². The molecule has 0 radical (unpaired) electrons. The van der Waals surface area contributed by atoms with E-state index in [4.69, 9.17) is 4.74 Å². The number of nitrogens with one attached hydrogen (secondary N) is 2. The smallest absolute Gasteiger partial charge is 0.338 e. The molecule has 0 saturated heterocycles. The Balaban J connectivity index is 2.00.